The highest BCUT2D eigenvalue weighted by molar-refractivity contribution is 5.69. The van der Waals surface area contributed by atoms with Gasteiger partial charge >= 0.3 is 5.97 Å². The molecule has 0 heterocycles. The molecule has 0 aliphatic heterocycles. The van der Waals surface area contributed by atoms with Crippen LogP contribution in [0, 0.1) is 0 Å². The van der Waals surface area contributed by atoms with Crippen molar-refractivity contribution in [2.75, 3.05) is 0 Å². The van der Waals surface area contributed by atoms with Crippen molar-refractivity contribution in [3.63, 3.8) is 0 Å². The van der Waals surface area contributed by atoms with E-state index in [1.54, 1.807) is 0 Å². The van der Waals surface area contributed by atoms with Crippen LogP contribution in [0.3, 0.4) is 0 Å². The zero-order valence-electron chi connectivity index (χ0n) is 13.0. The Labute approximate surface area is 124 Å². The van der Waals surface area contributed by atoms with Gasteiger partial charge in [-0.2, -0.15) is 0 Å². The van der Waals surface area contributed by atoms with Crippen LogP contribution in [0.15, 0.2) is 24.3 Å². The van der Waals surface area contributed by atoms with E-state index in [1.807, 2.05) is 6.08 Å². The number of ether oxygens (including phenoxy) is 1. The summed E-state index contributed by atoms with van der Waals surface area (Å²) in [7, 11) is 0. The lowest BCUT2D eigenvalue weighted by molar-refractivity contribution is -0.146. The Balaban J connectivity index is 1.88. The summed E-state index contributed by atoms with van der Waals surface area (Å²) in [6.45, 7) is 2.25. The summed E-state index contributed by atoms with van der Waals surface area (Å²) in [4.78, 5) is 11.5. The average Bonchev–Trinajstić information content (AvgIpc) is 2.93. The van der Waals surface area contributed by atoms with Crippen molar-refractivity contribution < 1.29 is 9.53 Å². The molecule has 2 heteroatoms. The molecule has 0 N–H and O–H groups in total. The zero-order chi connectivity index (χ0) is 14.5. The minimum absolute atomic E-state index is 0.0367. The molecular formula is C18H30O2. The maximum atomic E-state index is 11.5. The van der Waals surface area contributed by atoms with Crippen LogP contribution in [0.25, 0.3) is 0 Å². The molecule has 0 aromatic rings. The molecule has 0 saturated carbocycles. The third-order valence-corrected chi connectivity index (χ3v) is 3.66. The van der Waals surface area contributed by atoms with Gasteiger partial charge in [-0.25, -0.2) is 0 Å². The number of unbranched alkanes of at least 4 members (excludes halogenated alkanes) is 6. The van der Waals surface area contributed by atoms with Crippen molar-refractivity contribution >= 4 is 5.97 Å². The van der Waals surface area contributed by atoms with Crippen LogP contribution in [0.2, 0.25) is 0 Å². The molecule has 0 bridgehead atoms. The minimum atomic E-state index is -0.0641. The quantitative estimate of drug-likeness (QED) is 0.290. The highest BCUT2D eigenvalue weighted by Crippen LogP contribution is 2.14. The van der Waals surface area contributed by atoms with E-state index < -0.39 is 0 Å². The zero-order valence-corrected chi connectivity index (χ0v) is 13.0. The van der Waals surface area contributed by atoms with Gasteiger partial charge in [-0.1, -0.05) is 57.3 Å². The van der Waals surface area contributed by atoms with Crippen LogP contribution in [-0.2, 0) is 9.53 Å². The number of esters is 1. The van der Waals surface area contributed by atoms with Gasteiger partial charge in [0.05, 0.1) is 0 Å². The second-order valence-corrected chi connectivity index (χ2v) is 5.60. The van der Waals surface area contributed by atoms with Gasteiger partial charge in [0.2, 0.25) is 0 Å². The Morgan fingerprint density at radius 3 is 2.65 bits per heavy atom. The third-order valence-electron chi connectivity index (χ3n) is 3.66. The second-order valence-electron chi connectivity index (χ2n) is 5.60. The Morgan fingerprint density at radius 2 is 1.90 bits per heavy atom. The van der Waals surface area contributed by atoms with Crippen LogP contribution < -0.4 is 0 Å². The molecule has 0 amide bonds. The summed E-state index contributed by atoms with van der Waals surface area (Å²) >= 11 is 0. The van der Waals surface area contributed by atoms with Gasteiger partial charge < -0.3 is 4.74 Å². The molecule has 1 rings (SSSR count). The molecule has 0 spiro atoms. The standard InChI is InChI=1S/C18H30O2/c1-2-3-4-5-6-7-8-9-10-11-16-18(19)20-17-14-12-13-15-17/h9-10,12,14,17H,2-8,11,13,15-16H2,1H3. The summed E-state index contributed by atoms with van der Waals surface area (Å²) in [5, 5.41) is 0. The fourth-order valence-corrected chi connectivity index (χ4v) is 2.41. The summed E-state index contributed by atoms with van der Waals surface area (Å²) in [5.74, 6) is -0.0641. The normalized spacial score (nSPS) is 17.9. The molecule has 0 fully saturated rings. The van der Waals surface area contributed by atoms with E-state index in [-0.39, 0.29) is 12.1 Å². The van der Waals surface area contributed by atoms with E-state index in [2.05, 4.69) is 25.2 Å². The van der Waals surface area contributed by atoms with Gasteiger partial charge in [-0.05, 0) is 38.2 Å². The predicted molar refractivity (Wildman–Crippen MR) is 84.6 cm³/mol. The summed E-state index contributed by atoms with van der Waals surface area (Å²) in [6, 6.07) is 0. The molecule has 1 aliphatic rings. The number of carbonyl (C=O) groups is 1. The fourth-order valence-electron chi connectivity index (χ4n) is 2.41. The number of hydrogen-bond donors (Lipinski definition) is 0. The smallest absolute Gasteiger partial charge is 0.306 e. The number of hydrogen-bond acceptors (Lipinski definition) is 2. The second kappa shape index (κ2) is 11.7. The molecule has 20 heavy (non-hydrogen) atoms. The first-order chi connectivity index (χ1) is 9.83. The van der Waals surface area contributed by atoms with Gasteiger partial charge in [0, 0.05) is 6.42 Å². The third kappa shape index (κ3) is 8.95. The molecule has 0 radical (unpaired) electrons. The number of carbonyl (C=O) groups excluding carboxylic acids is 1. The molecular weight excluding hydrogens is 248 g/mol. The van der Waals surface area contributed by atoms with Crippen LogP contribution in [0.5, 0.6) is 0 Å². The minimum Gasteiger partial charge on any atom is -0.458 e. The lowest BCUT2D eigenvalue weighted by atomic mass is 10.1. The molecule has 1 aliphatic carbocycles. The van der Waals surface area contributed by atoms with Gasteiger partial charge in [-0.15, -0.1) is 0 Å². The van der Waals surface area contributed by atoms with Crippen LogP contribution >= 0.6 is 0 Å². The van der Waals surface area contributed by atoms with Crippen molar-refractivity contribution in [3.05, 3.63) is 24.3 Å². The first-order valence-electron chi connectivity index (χ1n) is 8.34. The van der Waals surface area contributed by atoms with E-state index in [4.69, 9.17) is 4.74 Å². The molecule has 0 saturated heterocycles. The van der Waals surface area contributed by atoms with E-state index in [0.29, 0.717) is 6.42 Å². The number of rotatable bonds is 11. The molecule has 2 nitrogen and oxygen atoms in total. The van der Waals surface area contributed by atoms with Gasteiger partial charge in [0.1, 0.15) is 6.10 Å². The Bertz CT molecular complexity index is 305. The fraction of sp³-hybridized carbons (Fsp3) is 0.722. The SMILES string of the molecule is CCCCCCCCC=CCCC(=O)OC1C=CCC1. The van der Waals surface area contributed by atoms with Crippen molar-refractivity contribution in [1.82, 2.24) is 0 Å². The Hall–Kier alpha value is -1.05. The average molecular weight is 278 g/mol. The monoisotopic (exact) mass is 278 g/mol. The molecule has 114 valence electrons. The van der Waals surface area contributed by atoms with Crippen LogP contribution in [0.1, 0.15) is 77.6 Å². The van der Waals surface area contributed by atoms with Gasteiger partial charge in [-0.3, -0.25) is 4.79 Å². The molecule has 1 unspecified atom stereocenters. The summed E-state index contributed by atoms with van der Waals surface area (Å²) in [6.07, 6.45) is 20.9. The maximum Gasteiger partial charge on any atom is 0.306 e. The largest absolute Gasteiger partial charge is 0.458 e. The van der Waals surface area contributed by atoms with Gasteiger partial charge in [0.15, 0.2) is 0 Å². The van der Waals surface area contributed by atoms with Crippen molar-refractivity contribution in [3.8, 4) is 0 Å². The van der Waals surface area contributed by atoms with Crippen molar-refractivity contribution in [1.29, 1.82) is 0 Å². The molecule has 0 aromatic carbocycles. The lowest BCUT2D eigenvalue weighted by Gasteiger charge is -2.08. The maximum absolute atomic E-state index is 11.5. The predicted octanol–water partition coefficient (Wildman–Crippen LogP) is 5.34. The van der Waals surface area contributed by atoms with Crippen LogP contribution in [-0.4, -0.2) is 12.1 Å². The van der Waals surface area contributed by atoms with E-state index >= 15 is 0 Å². The Morgan fingerprint density at radius 1 is 1.15 bits per heavy atom. The highest BCUT2D eigenvalue weighted by atomic mass is 16.5. The van der Waals surface area contributed by atoms with Crippen LogP contribution in [0.4, 0.5) is 0 Å². The topological polar surface area (TPSA) is 26.3 Å². The first-order valence-corrected chi connectivity index (χ1v) is 8.34. The van der Waals surface area contributed by atoms with E-state index in [1.165, 1.54) is 38.5 Å². The lowest BCUT2D eigenvalue weighted by Crippen LogP contribution is -2.13. The molecule has 1 atom stereocenters. The van der Waals surface area contributed by atoms with E-state index in [9.17, 15) is 4.79 Å². The highest BCUT2D eigenvalue weighted by Gasteiger charge is 2.13. The van der Waals surface area contributed by atoms with E-state index in [0.717, 1.165) is 25.7 Å². The summed E-state index contributed by atoms with van der Waals surface area (Å²) < 4.78 is 5.33. The molecule has 0 aromatic heterocycles. The van der Waals surface area contributed by atoms with Gasteiger partial charge in [0.25, 0.3) is 0 Å². The first kappa shape index (κ1) is 17.0. The summed E-state index contributed by atoms with van der Waals surface area (Å²) in [5.41, 5.74) is 0. The number of allylic oxidation sites excluding steroid dienone is 3. The van der Waals surface area contributed by atoms with Crippen molar-refractivity contribution in [2.24, 2.45) is 0 Å². The van der Waals surface area contributed by atoms with Crippen molar-refractivity contribution in [2.45, 2.75) is 83.7 Å². The Kier molecular flexibility index (Phi) is 9.99.